The summed E-state index contributed by atoms with van der Waals surface area (Å²) in [5, 5.41) is 0. The fraction of sp³-hybridized carbons (Fsp3) is 0.538. The van der Waals surface area contributed by atoms with Crippen molar-refractivity contribution in [2.75, 3.05) is 13.2 Å². The van der Waals surface area contributed by atoms with Gasteiger partial charge in [-0.25, -0.2) is 0 Å². The number of hydrogen-bond acceptors (Lipinski definition) is 2. The molecule has 0 spiro atoms. The lowest BCUT2D eigenvalue weighted by atomic mass is 9.98. The summed E-state index contributed by atoms with van der Waals surface area (Å²) in [6.45, 7) is 3.58. The van der Waals surface area contributed by atoms with Crippen molar-refractivity contribution < 1.29 is 9.47 Å². The average molecular weight is 206 g/mol. The first-order valence-corrected chi connectivity index (χ1v) is 5.65. The largest absolute Gasteiger partial charge is 0.353 e. The Kier molecular flexibility index (Phi) is 3.75. The van der Waals surface area contributed by atoms with Crippen LogP contribution in [0.3, 0.4) is 0 Å². The number of benzene rings is 1. The summed E-state index contributed by atoms with van der Waals surface area (Å²) in [7, 11) is 0. The standard InChI is InChI=1S/C13H18O2/c1-2-14-13-9-12(10-15-13)8-11-6-4-3-5-7-11/h3-7,12-13H,2,8-10H2,1H3/t12-,13-/m0/s1. The highest BCUT2D eigenvalue weighted by Gasteiger charge is 2.25. The molecule has 1 aliphatic rings. The summed E-state index contributed by atoms with van der Waals surface area (Å²) in [5.41, 5.74) is 1.39. The van der Waals surface area contributed by atoms with Gasteiger partial charge in [0.25, 0.3) is 0 Å². The predicted octanol–water partition coefficient (Wildman–Crippen LogP) is 2.63. The lowest BCUT2D eigenvalue weighted by Crippen LogP contribution is -2.10. The molecule has 0 unspecified atom stereocenters. The van der Waals surface area contributed by atoms with Crippen LogP contribution in [0.25, 0.3) is 0 Å². The van der Waals surface area contributed by atoms with Crippen LogP contribution < -0.4 is 0 Å². The zero-order valence-corrected chi connectivity index (χ0v) is 9.19. The van der Waals surface area contributed by atoms with Crippen molar-refractivity contribution in [3.8, 4) is 0 Å². The average Bonchev–Trinajstić information content (AvgIpc) is 2.68. The molecule has 0 saturated carbocycles. The lowest BCUT2D eigenvalue weighted by Gasteiger charge is -2.09. The quantitative estimate of drug-likeness (QED) is 0.754. The van der Waals surface area contributed by atoms with Crippen molar-refractivity contribution in [3.63, 3.8) is 0 Å². The van der Waals surface area contributed by atoms with E-state index in [9.17, 15) is 0 Å². The molecule has 0 radical (unpaired) electrons. The van der Waals surface area contributed by atoms with Gasteiger partial charge < -0.3 is 9.47 Å². The number of rotatable bonds is 4. The Labute approximate surface area is 91.2 Å². The zero-order valence-electron chi connectivity index (χ0n) is 9.19. The monoisotopic (exact) mass is 206 g/mol. The first-order valence-electron chi connectivity index (χ1n) is 5.65. The second-order valence-corrected chi connectivity index (χ2v) is 4.01. The van der Waals surface area contributed by atoms with E-state index in [4.69, 9.17) is 9.47 Å². The topological polar surface area (TPSA) is 18.5 Å². The first kappa shape index (κ1) is 10.7. The fourth-order valence-electron chi connectivity index (χ4n) is 2.04. The molecule has 0 aliphatic carbocycles. The Morgan fingerprint density at radius 3 is 2.87 bits per heavy atom. The Bertz CT molecular complexity index is 284. The molecule has 2 rings (SSSR count). The molecule has 0 bridgehead atoms. The molecule has 2 heteroatoms. The van der Waals surface area contributed by atoms with Gasteiger partial charge in [0.1, 0.15) is 0 Å². The van der Waals surface area contributed by atoms with Crippen molar-refractivity contribution in [1.82, 2.24) is 0 Å². The molecule has 0 aromatic heterocycles. The Morgan fingerprint density at radius 1 is 1.33 bits per heavy atom. The molecule has 15 heavy (non-hydrogen) atoms. The highest BCUT2D eigenvalue weighted by atomic mass is 16.7. The molecule has 82 valence electrons. The van der Waals surface area contributed by atoms with E-state index in [1.54, 1.807) is 0 Å². The van der Waals surface area contributed by atoms with Crippen LogP contribution in [-0.2, 0) is 15.9 Å². The zero-order chi connectivity index (χ0) is 10.5. The molecule has 1 fully saturated rings. The van der Waals surface area contributed by atoms with Gasteiger partial charge in [0.05, 0.1) is 6.61 Å². The SMILES string of the molecule is CCO[C@@H]1C[C@H](Cc2ccccc2)CO1. The van der Waals surface area contributed by atoms with Gasteiger partial charge in [-0.15, -0.1) is 0 Å². The summed E-state index contributed by atoms with van der Waals surface area (Å²) in [6, 6.07) is 10.6. The van der Waals surface area contributed by atoms with Gasteiger partial charge in [0.15, 0.2) is 6.29 Å². The summed E-state index contributed by atoms with van der Waals surface area (Å²) in [5.74, 6) is 0.615. The third-order valence-electron chi connectivity index (χ3n) is 2.76. The minimum absolute atomic E-state index is 0.0312. The van der Waals surface area contributed by atoms with E-state index >= 15 is 0 Å². The van der Waals surface area contributed by atoms with Crippen LogP contribution in [0.15, 0.2) is 30.3 Å². The predicted molar refractivity (Wildman–Crippen MR) is 59.6 cm³/mol. The van der Waals surface area contributed by atoms with Gasteiger partial charge in [-0.3, -0.25) is 0 Å². The normalized spacial score (nSPS) is 25.7. The van der Waals surface area contributed by atoms with E-state index in [2.05, 4.69) is 30.3 Å². The molecule has 1 aromatic carbocycles. The summed E-state index contributed by atoms with van der Waals surface area (Å²) >= 11 is 0. The molecule has 0 N–H and O–H groups in total. The van der Waals surface area contributed by atoms with Crippen molar-refractivity contribution in [2.45, 2.75) is 26.1 Å². The second kappa shape index (κ2) is 5.29. The second-order valence-electron chi connectivity index (χ2n) is 4.01. The number of hydrogen-bond donors (Lipinski definition) is 0. The third kappa shape index (κ3) is 3.05. The van der Waals surface area contributed by atoms with E-state index in [1.807, 2.05) is 6.92 Å². The molecule has 1 heterocycles. The maximum absolute atomic E-state index is 5.56. The van der Waals surface area contributed by atoms with Crippen LogP contribution in [0.1, 0.15) is 18.9 Å². The Morgan fingerprint density at radius 2 is 2.13 bits per heavy atom. The fourth-order valence-corrected chi connectivity index (χ4v) is 2.04. The van der Waals surface area contributed by atoms with E-state index in [-0.39, 0.29) is 6.29 Å². The van der Waals surface area contributed by atoms with E-state index < -0.39 is 0 Å². The molecule has 0 amide bonds. The van der Waals surface area contributed by atoms with Crippen LogP contribution in [0.5, 0.6) is 0 Å². The van der Waals surface area contributed by atoms with Crippen molar-refractivity contribution in [2.24, 2.45) is 5.92 Å². The van der Waals surface area contributed by atoms with E-state index in [0.717, 1.165) is 26.1 Å². The summed E-state index contributed by atoms with van der Waals surface area (Å²) in [4.78, 5) is 0. The van der Waals surface area contributed by atoms with Crippen molar-refractivity contribution in [3.05, 3.63) is 35.9 Å². The Hall–Kier alpha value is -0.860. The molecular weight excluding hydrogens is 188 g/mol. The van der Waals surface area contributed by atoms with Gasteiger partial charge in [-0.2, -0.15) is 0 Å². The smallest absolute Gasteiger partial charge is 0.157 e. The molecular formula is C13H18O2. The van der Waals surface area contributed by atoms with Gasteiger partial charge in [-0.1, -0.05) is 30.3 Å². The van der Waals surface area contributed by atoms with Crippen LogP contribution in [0.4, 0.5) is 0 Å². The highest BCUT2D eigenvalue weighted by molar-refractivity contribution is 5.15. The molecule has 2 nitrogen and oxygen atoms in total. The van der Waals surface area contributed by atoms with Gasteiger partial charge in [0, 0.05) is 13.0 Å². The minimum atomic E-state index is 0.0312. The van der Waals surface area contributed by atoms with E-state index in [0.29, 0.717) is 5.92 Å². The Balaban J connectivity index is 1.82. The number of ether oxygens (including phenoxy) is 2. The van der Waals surface area contributed by atoms with Gasteiger partial charge in [-0.05, 0) is 24.8 Å². The van der Waals surface area contributed by atoms with Crippen LogP contribution in [0, 0.1) is 5.92 Å². The maximum Gasteiger partial charge on any atom is 0.157 e. The molecule has 1 aromatic rings. The molecule has 2 atom stereocenters. The molecule has 1 aliphatic heterocycles. The summed E-state index contributed by atoms with van der Waals surface area (Å²) < 4.78 is 11.0. The van der Waals surface area contributed by atoms with Crippen molar-refractivity contribution in [1.29, 1.82) is 0 Å². The van der Waals surface area contributed by atoms with Crippen LogP contribution in [-0.4, -0.2) is 19.5 Å². The van der Waals surface area contributed by atoms with Crippen LogP contribution >= 0.6 is 0 Å². The van der Waals surface area contributed by atoms with E-state index in [1.165, 1.54) is 5.56 Å². The first-order chi connectivity index (χ1) is 7.38. The van der Waals surface area contributed by atoms with Crippen LogP contribution in [0.2, 0.25) is 0 Å². The minimum Gasteiger partial charge on any atom is -0.353 e. The van der Waals surface area contributed by atoms with Crippen molar-refractivity contribution >= 4 is 0 Å². The third-order valence-corrected chi connectivity index (χ3v) is 2.76. The molecule has 1 saturated heterocycles. The maximum atomic E-state index is 5.56. The summed E-state index contributed by atoms with van der Waals surface area (Å²) in [6.07, 6.45) is 2.16. The van der Waals surface area contributed by atoms with Gasteiger partial charge in [0.2, 0.25) is 0 Å². The highest BCUT2D eigenvalue weighted by Crippen LogP contribution is 2.23. The lowest BCUT2D eigenvalue weighted by molar-refractivity contribution is -0.106. The van der Waals surface area contributed by atoms with Gasteiger partial charge >= 0.3 is 0 Å².